The van der Waals surface area contributed by atoms with Gasteiger partial charge in [0.25, 0.3) is 10.0 Å². The number of thiophene rings is 1. The molecule has 1 unspecified atom stereocenters. The maximum Gasteiger partial charge on any atom is 0.253 e. The molecule has 1 fully saturated rings. The summed E-state index contributed by atoms with van der Waals surface area (Å²) in [5.41, 5.74) is 1.41. The minimum Gasteiger partial charge on any atom is -0.354 e. The number of carbonyl (C=O) groups is 1. The van der Waals surface area contributed by atoms with Gasteiger partial charge in [0, 0.05) is 13.1 Å². The van der Waals surface area contributed by atoms with Crippen molar-refractivity contribution in [3.63, 3.8) is 0 Å². The van der Waals surface area contributed by atoms with Gasteiger partial charge in [-0.1, -0.05) is 17.7 Å². The Balaban J connectivity index is 1.58. The lowest BCUT2D eigenvalue weighted by Gasteiger charge is -2.23. The van der Waals surface area contributed by atoms with Crippen LogP contribution in [0.1, 0.15) is 44.9 Å². The second-order valence-electron chi connectivity index (χ2n) is 6.36. The highest BCUT2D eigenvalue weighted by Gasteiger charge is 2.39. The molecule has 1 amide bonds. The van der Waals surface area contributed by atoms with Gasteiger partial charge in [-0.05, 0) is 56.4 Å². The van der Waals surface area contributed by atoms with Crippen LogP contribution in [0.3, 0.4) is 0 Å². The van der Waals surface area contributed by atoms with E-state index in [-0.39, 0.29) is 5.91 Å². The van der Waals surface area contributed by atoms with Gasteiger partial charge in [0.1, 0.15) is 10.3 Å². The van der Waals surface area contributed by atoms with Crippen LogP contribution in [0.15, 0.2) is 33.4 Å². The molecule has 0 spiro atoms. The minimum absolute atomic E-state index is 0.163. The molecule has 1 atom stereocenters. The molecule has 1 saturated heterocycles. The van der Waals surface area contributed by atoms with Crippen LogP contribution < -0.4 is 5.32 Å². The van der Waals surface area contributed by atoms with Gasteiger partial charge in [0.15, 0.2) is 0 Å². The minimum atomic E-state index is -3.56. The van der Waals surface area contributed by atoms with E-state index in [1.54, 1.807) is 17.5 Å². The first-order chi connectivity index (χ1) is 11.6. The second kappa shape index (κ2) is 7.80. The third-order valence-corrected chi connectivity index (χ3v) is 7.98. The third-order valence-electron chi connectivity index (χ3n) is 4.69. The summed E-state index contributed by atoms with van der Waals surface area (Å²) in [7, 11) is -3.56. The topological polar surface area (TPSA) is 66.5 Å². The molecule has 1 aromatic heterocycles. The number of hydrogen-bond donors (Lipinski definition) is 1. The molecular formula is C17H24N2O3S2. The van der Waals surface area contributed by atoms with Gasteiger partial charge in [-0.25, -0.2) is 8.42 Å². The zero-order chi connectivity index (χ0) is 17.0. The van der Waals surface area contributed by atoms with E-state index in [0.717, 1.165) is 25.7 Å². The number of nitrogens with one attached hydrogen (secondary N) is 1. The highest BCUT2D eigenvalue weighted by atomic mass is 32.2. The molecule has 1 N–H and O–H groups in total. The SMILES string of the molecule is O=C(NCCC1=CCCCC1)C1CCCN1S(=O)(=O)c1cccs1. The van der Waals surface area contributed by atoms with Crippen LogP contribution in [0.5, 0.6) is 0 Å². The fraction of sp³-hybridized carbons (Fsp3) is 0.588. The predicted octanol–water partition coefficient (Wildman–Crippen LogP) is 2.91. The van der Waals surface area contributed by atoms with Gasteiger partial charge in [-0.3, -0.25) is 4.79 Å². The van der Waals surface area contributed by atoms with Gasteiger partial charge < -0.3 is 5.32 Å². The lowest BCUT2D eigenvalue weighted by atomic mass is 9.97. The van der Waals surface area contributed by atoms with Gasteiger partial charge in [0.2, 0.25) is 5.91 Å². The predicted molar refractivity (Wildman–Crippen MR) is 95.4 cm³/mol. The molecule has 0 saturated carbocycles. The Morgan fingerprint density at radius 1 is 1.33 bits per heavy atom. The van der Waals surface area contributed by atoms with Crippen molar-refractivity contribution in [2.45, 2.75) is 55.2 Å². The van der Waals surface area contributed by atoms with E-state index in [1.165, 1.54) is 34.1 Å². The molecule has 0 aromatic carbocycles. The van der Waals surface area contributed by atoms with Gasteiger partial charge >= 0.3 is 0 Å². The van der Waals surface area contributed by atoms with Crippen LogP contribution >= 0.6 is 11.3 Å². The second-order valence-corrected chi connectivity index (χ2v) is 9.42. The number of allylic oxidation sites excluding steroid dienone is 1. The van der Waals surface area contributed by atoms with Crippen LogP contribution in [0, 0.1) is 0 Å². The molecule has 2 aliphatic rings. The molecule has 132 valence electrons. The number of rotatable bonds is 6. The molecule has 5 nitrogen and oxygen atoms in total. The lowest BCUT2D eigenvalue weighted by Crippen LogP contribution is -2.45. The normalized spacial score (nSPS) is 22.3. The third kappa shape index (κ3) is 3.90. The van der Waals surface area contributed by atoms with Crippen molar-refractivity contribution >= 4 is 27.3 Å². The van der Waals surface area contributed by atoms with Crippen molar-refractivity contribution < 1.29 is 13.2 Å². The molecule has 1 aromatic rings. The summed E-state index contributed by atoms with van der Waals surface area (Å²) < 4.78 is 27.0. The van der Waals surface area contributed by atoms with Crippen LogP contribution in [0.4, 0.5) is 0 Å². The summed E-state index contributed by atoms with van der Waals surface area (Å²) in [5.74, 6) is -0.163. The number of nitrogens with zero attached hydrogens (tertiary/aromatic N) is 1. The van der Waals surface area contributed by atoms with Gasteiger partial charge in [-0.15, -0.1) is 11.3 Å². The van der Waals surface area contributed by atoms with E-state index in [2.05, 4.69) is 11.4 Å². The highest BCUT2D eigenvalue weighted by molar-refractivity contribution is 7.91. The largest absolute Gasteiger partial charge is 0.354 e. The quantitative estimate of drug-likeness (QED) is 0.785. The average Bonchev–Trinajstić information content (AvgIpc) is 3.28. The maximum atomic E-state index is 12.7. The van der Waals surface area contributed by atoms with E-state index in [0.29, 0.717) is 23.7 Å². The summed E-state index contributed by atoms with van der Waals surface area (Å²) in [4.78, 5) is 12.5. The first kappa shape index (κ1) is 17.6. The smallest absolute Gasteiger partial charge is 0.253 e. The summed E-state index contributed by atoms with van der Waals surface area (Å²) in [5, 5.41) is 4.68. The van der Waals surface area contributed by atoms with Crippen LogP contribution in [-0.4, -0.2) is 37.8 Å². The number of amides is 1. The number of hydrogen-bond acceptors (Lipinski definition) is 4. The summed E-state index contributed by atoms with van der Waals surface area (Å²) >= 11 is 1.20. The van der Waals surface area contributed by atoms with E-state index in [9.17, 15) is 13.2 Å². The monoisotopic (exact) mass is 368 g/mol. The van der Waals surface area contributed by atoms with E-state index < -0.39 is 16.1 Å². The van der Waals surface area contributed by atoms with Crippen molar-refractivity contribution in [1.82, 2.24) is 9.62 Å². The standard InChI is InChI=1S/C17H24N2O3S2/c20-17(18-11-10-14-6-2-1-3-7-14)15-8-4-12-19(15)24(21,22)16-9-5-13-23-16/h5-6,9,13,15H,1-4,7-8,10-12H2,(H,18,20). The zero-order valence-corrected chi connectivity index (χ0v) is 15.4. The Morgan fingerprint density at radius 3 is 2.92 bits per heavy atom. The van der Waals surface area contributed by atoms with E-state index in [1.807, 2.05) is 0 Å². The highest BCUT2D eigenvalue weighted by Crippen LogP contribution is 2.28. The molecule has 0 radical (unpaired) electrons. The van der Waals surface area contributed by atoms with Crippen molar-refractivity contribution in [2.75, 3.05) is 13.1 Å². The van der Waals surface area contributed by atoms with E-state index >= 15 is 0 Å². The fourth-order valence-electron chi connectivity index (χ4n) is 3.41. The lowest BCUT2D eigenvalue weighted by molar-refractivity contribution is -0.124. The van der Waals surface area contributed by atoms with Crippen LogP contribution in [-0.2, 0) is 14.8 Å². The molecular weight excluding hydrogens is 344 g/mol. The molecule has 0 bridgehead atoms. The van der Waals surface area contributed by atoms with E-state index in [4.69, 9.17) is 0 Å². The Hall–Kier alpha value is -1.18. The molecule has 1 aliphatic carbocycles. The van der Waals surface area contributed by atoms with Crippen molar-refractivity contribution in [3.8, 4) is 0 Å². The maximum absolute atomic E-state index is 12.7. The molecule has 1 aliphatic heterocycles. The zero-order valence-electron chi connectivity index (χ0n) is 13.7. The van der Waals surface area contributed by atoms with Crippen molar-refractivity contribution in [1.29, 1.82) is 0 Å². The summed E-state index contributed by atoms with van der Waals surface area (Å²) in [6.07, 6.45) is 9.22. The first-order valence-electron chi connectivity index (χ1n) is 8.60. The number of sulfonamides is 1. The molecule has 3 rings (SSSR count). The Bertz CT molecular complexity index is 695. The summed E-state index contributed by atoms with van der Waals surface area (Å²) in [6, 6.07) is 2.75. The first-order valence-corrected chi connectivity index (χ1v) is 10.9. The van der Waals surface area contributed by atoms with Crippen LogP contribution in [0.25, 0.3) is 0 Å². The summed E-state index contributed by atoms with van der Waals surface area (Å²) in [6.45, 7) is 1.01. The van der Waals surface area contributed by atoms with Crippen LogP contribution in [0.2, 0.25) is 0 Å². The van der Waals surface area contributed by atoms with Crippen molar-refractivity contribution in [3.05, 3.63) is 29.2 Å². The van der Waals surface area contributed by atoms with Crippen molar-refractivity contribution in [2.24, 2.45) is 0 Å². The molecule has 7 heteroatoms. The number of carbonyl (C=O) groups excluding carboxylic acids is 1. The molecule has 2 heterocycles. The Labute approximate surface area is 147 Å². The average molecular weight is 369 g/mol. The fourth-order valence-corrected chi connectivity index (χ4v) is 6.19. The van der Waals surface area contributed by atoms with Gasteiger partial charge in [-0.2, -0.15) is 4.31 Å². The Kier molecular flexibility index (Phi) is 5.73. The molecule has 24 heavy (non-hydrogen) atoms. The Morgan fingerprint density at radius 2 is 2.21 bits per heavy atom. The van der Waals surface area contributed by atoms with Gasteiger partial charge in [0.05, 0.1) is 0 Å².